The molecule has 2 aliphatic rings. The van der Waals surface area contributed by atoms with E-state index in [-0.39, 0.29) is 44.2 Å². The smallest absolute Gasteiger partial charge is 0.338 e. The van der Waals surface area contributed by atoms with Crippen LogP contribution in [0.5, 0.6) is 0 Å². The maximum absolute atomic E-state index is 13.1. The first-order valence-corrected chi connectivity index (χ1v) is 18.6. The van der Waals surface area contributed by atoms with Crippen molar-refractivity contribution in [1.82, 2.24) is 8.61 Å². The van der Waals surface area contributed by atoms with Gasteiger partial charge in [0, 0.05) is 26.2 Å². The third-order valence-corrected chi connectivity index (χ3v) is 12.7. The molecule has 3 aromatic carbocycles. The van der Waals surface area contributed by atoms with Gasteiger partial charge < -0.3 is 9.47 Å². The summed E-state index contributed by atoms with van der Waals surface area (Å²) in [6.07, 6.45) is 5.02. The Bertz CT molecular complexity index is 1670. The molecule has 46 heavy (non-hydrogen) atoms. The minimum Gasteiger partial charge on any atom is -0.457 e. The normalized spacial score (nSPS) is 16.6. The maximum Gasteiger partial charge on any atom is 0.338 e. The summed E-state index contributed by atoms with van der Waals surface area (Å²) >= 11 is 12.4. The summed E-state index contributed by atoms with van der Waals surface area (Å²) in [4.78, 5) is 25.3. The molecule has 0 bridgehead atoms. The van der Waals surface area contributed by atoms with Crippen LogP contribution in [0.3, 0.4) is 0 Å². The van der Waals surface area contributed by atoms with Crippen molar-refractivity contribution in [2.24, 2.45) is 0 Å². The van der Waals surface area contributed by atoms with Gasteiger partial charge in [-0.25, -0.2) is 26.4 Å². The lowest BCUT2D eigenvalue weighted by atomic mass is 10.1. The number of ether oxygens (including phenoxy) is 2. The van der Waals surface area contributed by atoms with Gasteiger partial charge in [-0.1, -0.05) is 60.3 Å². The molecule has 2 saturated heterocycles. The molecule has 0 atom stereocenters. The number of benzene rings is 3. The molecule has 0 spiro atoms. The third kappa shape index (κ3) is 7.92. The number of nitrogens with zero attached hydrogens (tertiary/aromatic N) is 2. The van der Waals surface area contributed by atoms with Gasteiger partial charge in [0.25, 0.3) is 0 Å². The highest BCUT2D eigenvalue weighted by molar-refractivity contribution is 7.89. The number of carbonyl (C=O) groups excluding carboxylic acids is 2. The average molecular weight is 710 g/mol. The number of esters is 2. The Morgan fingerprint density at radius 1 is 0.565 bits per heavy atom. The van der Waals surface area contributed by atoms with Crippen LogP contribution < -0.4 is 0 Å². The summed E-state index contributed by atoms with van der Waals surface area (Å²) in [5.41, 5.74) is 1.45. The minimum absolute atomic E-state index is 0.0393. The van der Waals surface area contributed by atoms with E-state index in [0.717, 1.165) is 38.5 Å². The summed E-state index contributed by atoms with van der Waals surface area (Å²) in [5, 5.41) is 0.0785. The second kappa shape index (κ2) is 14.8. The Morgan fingerprint density at radius 2 is 0.913 bits per heavy atom. The number of hydrogen-bond donors (Lipinski definition) is 0. The van der Waals surface area contributed by atoms with Gasteiger partial charge in [0.15, 0.2) is 0 Å². The van der Waals surface area contributed by atoms with E-state index in [1.54, 1.807) is 24.3 Å². The highest BCUT2D eigenvalue weighted by Crippen LogP contribution is 2.30. The van der Waals surface area contributed by atoms with Gasteiger partial charge in [-0.15, -0.1) is 0 Å². The van der Waals surface area contributed by atoms with Crippen molar-refractivity contribution in [2.75, 3.05) is 26.2 Å². The number of halogens is 2. The Morgan fingerprint density at radius 3 is 1.26 bits per heavy atom. The van der Waals surface area contributed by atoms with E-state index in [1.807, 2.05) is 0 Å². The van der Waals surface area contributed by atoms with Gasteiger partial charge in [-0.2, -0.15) is 8.61 Å². The fourth-order valence-electron chi connectivity index (χ4n) is 5.34. The number of hydrogen-bond acceptors (Lipinski definition) is 8. The van der Waals surface area contributed by atoms with Crippen molar-refractivity contribution in [3.05, 3.63) is 93.0 Å². The van der Waals surface area contributed by atoms with Crippen LogP contribution in [0.2, 0.25) is 10.0 Å². The number of carbonyl (C=O) groups is 2. The van der Waals surface area contributed by atoms with Gasteiger partial charge in [-0.05, 0) is 73.2 Å². The van der Waals surface area contributed by atoms with Crippen molar-refractivity contribution in [3.8, 4) is 0 Å². The van der Waals surface area contributed by atoms with E-state index < -0.39 is 32.0 Å². The average Bonchev–Trinajstić information content (AvgIpc) is 3.07. The highest BCUT2D eigenvalue weighted by Gasteiger charge is 2.30. The van der Waals surface area contributed by atoms with Gasteiger partial charge in [0.1, 0.15) is 23.0 Å². The molecule has 0 aromatic heterocycles. The van der Waals surface area contributed by atoms with Crippen molar-refractivity contribution in [2.45, 2.75) is 61.5 Å². The van der Waals surface area contributed by atoms with Crippen molar-refractivity contribution < 1.29 is 35.9 Å². The second-order valence-corrected chi connectivity index (χ2v) is 15.8. The molecule has 246 valence electrons. The highest BCUT2D eigenvalue weighted by atomic mass is 35.5. The molecule has 5 rings (SSSR count). The Balaban J connectivity index is 1.17. The molecule has 2 heterocycles. The molecule has 0 aliphatic carbocycles. The summed E-state index contributed by atoms with van der Waals surface area (Å²) in [7, 11) is -7.68. The molecule has 0 amide bonds. The molecular formula is C32H34Cl2N2O8S2. The van der Waals surface area contributed by atoms with Gasteiger partial charge in [0.05, 0.1) is 21.2 Å². The van der Waals surface area contributed by atoms with Gasteiger partial charge in [0.2, 0.25) is 20.0 Å². The van der Waals surface area contributed by atoms with Gasteiger partial charge in [-0.3, -0.25) is 0 Å². The summed E-state index contributed by atoms with van der Waals surface area (Å²) in [5.74, 6) is -1.40. The molecule has 0 unspecified atom stereocenters. The zero-order valence-electron chi connectivity index (χ0n) is 25.0. The second-order valence-electron chi connectivity index (χ2n) is 11.2. The first-order chi connectivity index (χ1) is 22.0. The molecule has 0 N–H and O–H groups in total. The quantitative estimate of drug-likeness (QED) is 0.233. The lowest BCUT2D eigenvalue weighted by molar-refractivity contribution is 0.0460. The third-order valence-electron chi connectivity index (χ3n) is 7.96. The molecule has 0 radical (unpaired) electrons. The Kier molecular flexibility index (Phi) is 11.1. The van der Waals surface area contributed by atoms with Crippen molar-refractivity contribution in [3.63, 3.8) is 0 Å². The SMILES string of the molecule is O=C(OCc1ccc(COC(=O)c2ccc(Cl)c(S(=O)(=O)N3CCCCC3)c2)cc1)c1ccc(Cl)c(S(=O)(=O)N2CCCCC2)c1. The first kappa shape index (κ1) is 34.3. The zero-order chi connectivity index (χ0) is 32.9. The molecule has 10 nitrogen and oxygen atoms in total. The van der Waals surface area contributed by atoms with Crippen LogP contribution in [0.4, 0.5) is 0 Å². The maximum atomic E-state index is 13.1. The van der Waals surface area contributed by atoms with Crippen LogP contribution in [0.25, 0.3) is 0 Å². The van der Waals surface area contributed by atoms with E-state index in [9.17, 15) is 26.4 Å². The number of piperidine rings is 2. The molecule has 14 heteroatoms. The lowest BCUT2D eigenvalue weighted by Gasteiger charge is -2.26. The molecule has 0 saturated carbocycles. The van der Waals surface area contributed by atoms with Crippen LogP contribution in [0.1, 0.15) is 70.4 Å². The van der Waals surface area contributed by atoms with E-state index in [1.165, 1.54) is 45.0 Å². The standard InChI is InChI=1S/C32H34Cl2N2O8S2/c33-27-13-11-25(19-29(27)45(39,40)35-15-3-1-4-16-35)31(37)43-21-23-7-9-24(10-8-23)22-44-32(38)26-12-14-28(34)30(20-26)46(41,42)36-17-5-2-6-18-36/h7-14,19-20H,1-6,15-18,21-22H2. The van der Waals surface area contributed by atoms with Crippen molar-refractivity contribution >= 4 is 55.2 Å². The fourth-order valence-corrected chi connectivity index (χ4v) is 9.38. The first-order valence-electron chi connectivity index (χ1n) is 15.0. The summed E-state index contributed by atoms with van der Waals surface area (Å²) in [6.45, 7) is 1.49. The van der Waals surface area contributed by atoms with Crippen LogP contribution in [-0.2, 0) is 42.7 Å². The van der Waals surface area contributed by atoms with Crippen LogP contribution in [0.15, 0.2) is 70.5 Å². The Labute approximate surface area is 279 Å². The summed E-state index contributed by atoms with van der Waals surface area (Å²) < 4.78 is 66.1. The molecule has 2 fully saturated rings. The minimum atomic E-state index is -3.84. The van der Waals surface area contributed by atoms with Crippen LogP contribution in [0, 0.1) is 0 Å². The van der Waals surface area contributed by atoms with Gasteiger partial charge >= 0.3 is 11.9 Å². The van der Waals surface area contributed by atoms with E-state index in [0.29, 0.717) is 37.3 Å². The monoisotopic (exact) mass is 708 g/mol. The van der Waals surface area contributed by atoms with Crippen LogP contribution in [-0.4, -0.2) is 63.6 Å². The molecule has 3 aromatic rings. The van der Waals surface area contributed by atoms with E-state index in [4.69, 9.17) is 32.7 Å². The number of sulfonamides is 2. The van der Waals surface area contributed by atoms with Crippen molar-refractivity contribution in [1.29, 1.82) is 0 Å². The Hall–Kier alpha value is -3.00. The molecule has 2 aliphatic heterocycles. The summed E-state index contributed by atoms with van der Waals surface area (Å²) in [6, 6.07) is 14.9. The largest absolute Gasteiger partial charge is 0.457 e. The topological polar surface area (TPSA) is 127 Å². The van der Waals surface area contributed by atoms with E-state index in [2.05, 4.69) is 0 Å². The van der Waals surface area contributed by atoms with E-state index >= 15 is 0 Å². The lowest BCUT2D eigenvalue weighted by Crippen LogP contribution is -2.35. The fraction of sp³-hybridized carbons (Fsp3) is 0.375. The van der Waals surface area contributed by atoms with Crippen LogP contribution >= 0.6 is 23.2 Å². The zero-order valence-corrected chi connectivity index (χ0v) is 28.1. The molecular weight excluding hydrogens is 675 g/mol. The predicted octanol–water partition coefficient (Wildman–Crippen LogP) is 6.06. The number of rotatable bonds is 10. The predicted molar refractivity (Wildman–Crippen MR) is 173 cm³/mol.